The Morgan fingerprint density at radius 3 is 2.76 bits per heavy atom. The lowest BCUT2D eigenvalue weighted by molar-refractivity contribution is -0.169. The van der Waals surface area contributed by atoms with Crippen LogP contribution in [0.5, 0.6) is 5.75 Å². The maximum Gasteiger partial charge on any atom is 0.391 e. The largest absolute Gasteiger partial charge is 0.576 e. The van der Waals surface area contributed by atoms with E-state index in [1.54, 1.807) is 13.0 Å². The summed E-state index contributed by atoms with van der Waals surface area (Å²) in [5.74, 6) is 0.0897. The summed E-state index contributed by atoms with van der Waals surface area (Å²) in [6.45, 7) is 1.79. The van der Waals surface area contributed by atoms with E-state index in [9.17, 15) is 9.69 Å². The van der Waals surface area contributed by atoms with Crippen molar-refractivity contribution in [2.24, 2.45) is 0 Å². The Morgan fingerprint density at radius 2 is 2.07 bits per heavy atom. The predicted octanol–water partition coefficient (Wildman–Crippen LogP) is 4.20. The van der Waals surface area contributed by atoms with Crippen LogP contribution in [0.4, 0.5) is 16.2 Å². The fraction of sp³-hybridized carbons (Fsp3) is 0.188. The van der Waals surface area contributed by atoms with Crippen LogP contribution in [0.1, 0.15) is 18.7 Å². The number of hydrogen-bond donors (Lipinski definition) is 3. The molecule has 0 saturated heterocycles. The highest BCUT2D eigenvalue weighted by Crippen LogP contribution is 2.29. The molecule has 0 fully saturated rings. The van der Waals surface area contributed by atoms with E-state index in [0.29, 0.717) is 17.0 Å². The number of carbonyl (C=O) groups is 1. The van der Waals surface area contributed by atoms with Gasteiger partial charge in [-0.1, -0.05) is 28.4 Å². The number of ether oxygens (including phenoxy) is 1. The molecule has 13 heteroatoms. The lowest BCUT2D eigenvalue weighted by Crippen LogP contribution is -2.22. The molecule has 2 atom stereocenters. The van der Waals surface area contributed by atoms with Crippen LogP contribution in [0.15, 0.2) is 30.5 Å². The molecule has 0 radical (unpaired) electrons. The van der Waals surface area contributed by atoms with Gasteiger partial charge < -0.3 is 20.3 Å². The van der Waals surface area contributed by atoms with E-state index in [1.165, 1.54) is 36.0 Å². The summed E-state index contributed by atoms with van der Waals surface area (Å²) in [4.78, 5) is 27.7. The van der Waals surface area contributed by atoms with Crippen LogP contribution in [0.3, 0.4) is 0 Å². The van der Waals surface area contributed by atoms with Gasteiger partial charge in [0.05, 0.1) is 23.7 Å². The normalized spacial score (nSPS) is 12.5. The summed E-state index contributed by atoms with van der Waals surface area (Å²) < 4.78 is 11.7. The molecule has 2 aromatic heterocycles. The number of urea groups is 1. The summed E-state index contributed by atoms with van der Waals surface area (Å²) in [6, 6.07) is 5.22. The standard InChI is InChI=1S/C16H15Cl2N6O4P/c1-8(27-2)15-12(7-20-14-6-13(18)23-24(14)15)22-16(25)21-10-3-9(17)4-11(5-10)28-29(19)26/h3-8,19H,1-2H3,(H2,21,22,25)/t8-/m0/s1. The number of amides is 2. The average Bonchev–Trinajstić information content (AvgIpc) is 2.99. The monoisotopic (exact) mass is 456 g/mol. The van der Waals surface area contributed by atoms with Crippen molar-refractivity contribution in [3.05, 3.63) is 46.3 Å². The van der Waals surface area contributed by atoms with Gasteiger partial charge in [-0.25, -0.2) is 14.3 Å². The first kappa shape index (κ1) is 21.2. The van der Waals surface area contributed by atoms with Crippen molar-refractivity contribution in [3.63, 3.8) is 0 Å². The van der Waals surface area contributed by atoms with E-state index in [1.807, 2.05) is 0 Å². The Bertz CT molecular complexity index is 1090. The van der Waals surface area contributed by atoms with Gasteiger partial charge in [-0.3, -0.25) is 4.52 Å². The van der Waals surface area contributed by atoms with Crippen molar-refractivity contribution >= 4 is 54.4 Å². The topological polar surface area (TPSA) is 137 Å². The first-order chi connectivity index (χ1) is 13.8. The van der Waals surface area contributed by atoms with Crippen molar-refractivity contribution in [1.82, 2.24) is 14.6 Å². The third kappa shape index (κ3) is 5.11. The number of nitrogens with zero attached hydrogens (tertiary/aromatic N) is 3. The molecule has 0 aliphatic heterocycles. The summed E-state index contributed by atoms with van der Waals surface area (Å²) in [5.41, 5.74) is 1.68. The molecule has 0 aliphatic rings. The lowest BCUT2D eigenvalue weighted by Gasteiger charge is -2.17. The third-order valence-corrected chi connectivity index (χ3v) is 4.57. The van der Waals surface area contributed by atoms with Crippen LogP contribution in [0, 0.1) is 5.16 Å². The highest BCUT2D eigenvalue weighted by molar-refractivity contribution is 7.32. The number of methoxy groups -OCH3 is 1. The zero-order valence-electron chi connectivity index (χ0n) is 15.1. The summed E-state index contributed by atoms with van der Waals surface area (Å²) in [6.07, 6.45) is 1.04. The van der Waals surface area contributed by atoms with Crippen LogP contribution in [-0.4, -0.2) is 27.7 Å². The van der Waals surface area contributed by atoms with Crippen molar-refractivity contribution in [2.45, 2.75) is 13.0 Å². The molecule has 0 saturated carbocycles. The molecule has 2 heterocycles. The zero-order valence-corrected chi connectivity index (χ0v) is 17.5. The van der Waals surface area contributed by atoms with Crippen LogP contribution >= 0.6 is 31.4 Å². The van der Waals surface area contributed by atoms with E-state index in [0.717, 1.165) is 0 Å². The smallest absolute Gasteiger partial charge is 0.391 e. The molecule has 3 rings (SSSR count). The van der Waals surface area contributed by atoms with Gasteiger partial charge in [0.25, 0.3) is 0 Å². The number of rotatable bonds is 6. The van der Waals surface area contributed by atoms with Gasteiger partial charge in [0.2, 0.25) is 0 Å². The summed E-state index contributed by atoms with van der Waals surface area (Å²) in [7, 11) is -1.10. The van der Waals surface area contributed by atoms with Gasteiger partial charge in [-0.05, 0) is 13.0 Å². The minimum Gasteiger partial charge on any atom is -0.576 e. The first-order valence-electron chi connectivity index (χ1n) is 8.09. The Labute approximate surface area is 176 Å². The molecule has 10 nitrogen and oxygen atoms in total. The van der Waals surface area contributed by atoms with Gasteiger partial charge in [0.15, 0.2) is 16.5 Å². The van der Waals surface area contributed by atoms with Crippen molar-refractivity contribution in [2.75, 3.05) is 17.7 Å². The van der Waals surface area contributed by atoms with Gasteiger partial charge in [0.1, 0.15) is 0 Å². The van der Waals surface area contributed by atoms with Crippen molar-refractivity contribution in [1.29, 1.82) is 5.16 Å². The second-order valence-electron chi connectivity index (χ2n) is 5.78. The molecule has 0 bridgehead atoms. The zero-order chi connectivity index (χ0) is 21.1. The van der Waals surface area contributed by atoms with E-state index in [-0.39, 0.29) is 21.6 Å². The molecule has 1 unspecified atom stereocenters. The first-order valence-corrected chi connectivity index (χ1v) is 10.0. The number of hydrogen-bond acceptors (Lipinski definition) is 7. The fourth-order valence-electron chi connectivity index (χ4n) is 2.59. The van der Waals surface area contributed by atoms with Crippen molar-refractivity contribution < 1.29 is 18.9 Å². The van der Waals surface area contributed by atoms with Crippen LogP contribution in [-0.2, 0) is 4.74 Å². The number of fused-ring (bicyclic) bond motifs is 1. The van der Waals surface area contributed by atoms with Gasteiger partial charge in [-0.2, -0.15) is 5.10 Å². The highest BCUT2D eigenvalue weighted by atomic mass is 35.5. The minimum absolute atomic E-state index is 0.0897. The quantitative estimate of drug-likeness (QED) is 0.475. The van der Waals surface area contributed by atoms with E-state index < -0.39 is 20.3 Å². The molecule has 0 aliphatic carbocycles. The van der Waals surface area contributed by atoms with Gasteiger partial charge >= 0.3 is 14.2 Å². The maximum absolute atomic E-state index is 12.5. The molecular weight excluding hydrogens is 442 g/mol. The predicted molar refractivity (Wildman–Crippen MR) is 108 cm³/mol. The third-order valence-electron chi connectivity index (χ3n) is 3.80. The molecule has 29 heavy (non-hydrogen) atoms. The maximum atomic E-state index is 12.5. The fourth-order valence-corrected chi connectivity index (χ4v) is 3.29. The van der Waals surface area contributed by atoms with E-state index in [4.69, 9.17) is 37.6 Å². The van der Waals surface area contributed by atoms with Gasteiger partial charge in [-0.15, -0.1) is 0 Å². The Morgan fingerprint density at radius 1 is 1.31 bits per heavy atom. The highest BCUT2D eigenvalue weighted by Gasteiger charge is 2.19. The summed E-state index contributed by atoms with van der Waals surface area (Å²) >= 11 is 11.9. The van der Waals surface area contributed by atoms with E-state index >= 15 is 0 Å². The lowest BCUT2D eigenvalue weighted by atomic mass is 10.2. The second-order valence-corrected chi connectivity index (χ2v) is 7.30. The number of halogens is 2. The number of nitrogens with one attached hydrogen (secondary N) is 3. The Hall–Kier alpha value is -2.49. The van der Waals surface area contributed by atoms with Crippen LogP contribution in [0.25, 0.3) is 5.65 Å². The van der Waals surface area contributed by atoms with Crippen molar-refractivity contribution in [3.8, 4) is 5.75 Å². The second kappa shape index (κ2) is 8.89. The minimum atomic E-state index is -2.62. The number of aromatic nitrogens is 3. The Kier molecular flexibility index (Phi) is 6.51. The number of carbonyl (C=O) groups excluding carboxylic acids is 1. The van der Waals surface area contributed by atoms with Crippen LogP contribution in [0.2, 0.25) is 10.2 Å². The Balaban J connectivity index is 1.87. The van der Waals surface area contributed by atoms with Crippen LogP contribution < -0.4 is 20.1 Å². The molecule has 2 amide bonds. The number of anilines is 2. The van der Waals surface area contributed by atoms with Gasteiger partial charge in [0, 0.05) is 36.0 Å². The summed E-state index contributed by atoms with van der Waals surface area (Å²) in [5, 5.41) is 16.9. The molecule has 3 N–H and O–H groups in total. The number of benzene rings is 1. The molecular formula is C16H15Cl2N6O4P. The molecule has 3 aromatic rings. The SMILES string of the molecule is CO[C@@H](C)c1c(NC(=O)Nc2cc(Cl)cc(O[P+](=N)[O-])c2)cnc2cc(Cl)nn12. The molecule has 0 spiro atoms. The van der Waals surface area contributed by atoms with E-state index in [2.05, 4.69) is 20.7 Å². The molecule has 1 aromatic carbocycles. The average molecular weight is 457 g/mol. The molecule has 152 valence electrons.